The van der Waals surface area contributed by atoms with Gasteiger partial charge >= 0.3 is 5.97 Å². The molecule has 1 aliphatic carbocycles. The van der Waals surface area contributed by atoms with Crippen molar-refractivity contribution in [3.63, 3.8) is 0 Å². The van der Waals surface area contributed by atoms with E-state index in [0.717, 1.165) is 19.3 Å². The van der Waals surface area contributed by atoms with Gasteiger partial charge in [-0.15, -0.1) is 0 Å². The van der Waals surface area contributed by atoms with Crippen LogP contribution >= 0.6 is 15.9 Å². The van der Waals surface area contributed by atoms with Crippen LogP contribution in [-0.4, -0.2) is 18.4 Å². The molecular weight excluding hydrogens is 348 g/mol. The molecule has 0 amide bonds. The Morgan fingerprint density at radius 3 is 2.59 bits per heavy atom. The van der Waals surface area contributed by atoms with Crippen molar-refractivity contribution in [3.8, 4) is 0 Å². The molecule has 0 aliphatic heterocycles. The number of carbonyl (C=O) groups is 2. The van der Waals surface area contributed by atoms with Crippen LogP contribution in [0, 0.1) is 0 Å². The van der Waals surface area contributed by atoms with Crippen molar-refractivity contribution in [1.82, 2.24) is 0 Å². The topological polar surface area (TPSA) is 56.5 Å². The summed E-state index contributed by atoms with van der Waals surface area (Å²) in [6.07, 6.45) is 4.45. The Hall–Kier alpha value is -1.88. The van der Waals surface area contributed by atoms with Gasteiger partial charge in [-0.3, -0.25) is 4.79 Å². The molecule has 0 fully saturated rings. The molecule has 1 aromatic heterocycles. The summed E-state index contributed by atoms with van der Waals surface area (Å²) in [6, 6.07) is 8.84. The highest BCUT2D eigenvalue weighted by atomic mass is 79.9. The molecule has 0 saturated carbocycles. The zero-order valence-electron chi connectivity index (χ0n) is 11.9. The highest BCUT2D eigenvalue weighted by molar-refractivity contribution is 9.10. The van der Waals surface area contributed by atoms with Crippen molar-refractivity contribution in [1.29, 1.82) is 0 Å². The number of halogens is 1. The minimum absolute atomic E-state index is 0.0742. The van der Waals surface area contributed by atoms with Gasteiger partial charge in [-0.25, -0.2) is 4.79 Å². The van der Waals surface area contributed by atoms with E-state index < -0.39 is 5.97 Å². The molecule has 0 radical (unpaired) electrons. The third-order valence-electron chi connectivity index (χ3n) is 3.78. The second-order valence-electron chi connectivity index (χ2n) is 5.29. The van der Waals surface area contributed by atoms with Crippen molar-refractivity contribution >= 4 is 27.7 Å². The van der Waals surface area contributed by atoms with Gasteiger partial charge in [-0.05, 0) is 70.9 Å². The molecule has 2 aromatic rings. The first kappa shape index (κ1) is 15.0. The van der Waals surface area contributed by atoms with Crippen molar-refractivity contribution in [2.24, 2.45) is 0 Å². The number of hydrogen-bond donors (Lipinski definition) is 0. The predicted octanol–water partition coefficient (Wildman–Crippen LogP) is 3.96. The summed E-state index contributed by atoms with van der Waals surface area (Å²) >= 11 is 3.11. The van der Waals surface area contributed by atoms with Gasteiger partial charge in [0.25, 0.3) is 0 Å². The van der Waals surface area contributed by atoms with E-state index in [-0.39, 0.29) is 18.2 Å². The Kier molecular flexibility index (Phi) is 4.43. The van der Waals surface area contributed by atoms with Crippen molar-refractivity contribution < 1.29 is 18.7 Å². The second kappa shape index (κ2) is 6.48. The molecule has 1 heterocycles. The van der Waals surface area contributed by atoms with Gasteiger partial charge in [0, 0.05) is 5.56 Å². The molecule has 0 atom stereocenters. The van der Waals surface area contributed by atoms with Crippen molar-refractivity contribution in [3.05, 3.63) is 57.5 Å². The molecule has 0 spiro atoms. The first-order valence-electron chi connectivity index (χ1n) is 7.21. The number of ketones is 1. The number of fused-ring (bicyclic) bond motifs is 1. The number of carbonyl (C=O) groups excluding carboxylic acids is 2. The number of rotatable bonds is 4. The van der Waals surface area contributed by atoms with Gasteiger partial charge in [0.2, 0.25) is 5.76 Å². The van der Waals surface area contributed by atoms with Crippen LogP contribution in [0.1, 0.15) is 44.9 Å². The second-order valence-corrected chi connectivity index (χ2v) is 6.08. The largest absolute Gasteiger partial charge is 0.451 e. The fourth-order valence-corrected chi connectivity index (χ4v) is 2.92. The SMILES string of the molecule is O=C(COC(=O)c1ccc(Br)o1)c1ccc2c(c1)CCCC2. The molecule has 0 bridgehead atoms. The summed E-state index contributed by atoms with van der Waals surface area (Å²) in [6.45, 7) is -0.282. The van der Waals surface area contributed by atoms with Crippen LogP contribution in [-0.2, 0) is 17.6 Å². The maximum atomic E-state index is 12.2. The highest BCUT2D eigenvalue weighted by Gasteiger charge is 2.16. The van der Waals surface area contributed by atoms with E-state index in [0.29, 0.717) is 10.2 Å². The summed E-state index contributed by atoms with van der Waals surface area (Å²) in [7, 11) is 0. The zero-order chi connectivity index (χ0) is 15.5. The Balaban J connectivity index is 1.63. The Labute approximate surface area is 136 Å². The van der Waals surface area contributed by atoms with Crippen molar-refractivity contribution in [2.75, 3.05) is 6.61 Å². The number of furan rings is 1. The van der Waals surface area contributed by atoms with Crippen LogP contribution in [0.3, 0.4) is 0 Å². The van der Waals surface area contributed by atoms with E-state index in [1.807, 2.05) is 18.2 Å². The van der Waals surface area contributed by atoms with Crippen LogP contribution in [0.2, 0.25) is 0 Å². The average molecular weight is 363 g/mol. The molecule has 4 nitrogen and oxygen atoms in total. The average Bonchev–Trinajstić information content (AvgIpc) is 2.98. The number of Topliss-reactive ketones (excluding diaryl/α,β-unsaturated/α-hetero) is 1. The summed E-state index contributed by atoms with van der Waals surface area (Å²) in [5.41, 5.74) is 3.15. The van der Waals surface area contributed by atoms with E-state index in [9.17, 15) is 9.59 Å². The lowest BCUT2D eigenvalue weighted by Crippen LogP contribution is -2.15. The molecule has 5 heteroatoms. The Morgan fingerprint density at radius 2 is 1.86 bits per heavy atom. The third kappa shape index (κ3) is 3.30. The first-order chi connectivity index (χ1) is 10.6. The fourth-order valence-electron chi connectivity index (χ4n) is 2.62. The molecule has 1 aromatic carbocycles. The molecule has 3 rings (SSSR count). The number of esters is 1. The van der Waals surface area contributed by atoms with Gasteiger partial charge in [-0.2, -0.15) is 0 Å². The maximum Gasteiger partial charge on any atom is 0.374 e. The van der Waals surface area contributed by atoms with E-state index in [4.69, 9.17) is 9.15 Å². The van der Waals surface area contributed by atoms with Crippen LogP contribution < -0.4 is 0 Å². The van der Waals surface area contributed by atoms with Gasteiger partial charge in [0.05, 0.1) is 0 Å². The lowest BCUT2D eigenvalue weighted by atomic mass is 9.90. The zero-order valence-corrected chi connectivity index (χ0v) is 13.5. The van der Waals surface area contributed by atoms with Crippen LogP contribution in [0.5, 0.6) is 0 Å². The molecule has 0 N–H and O–H groups in total. The Morgan fingerprint density at radius 1 is 1.09 bits per heavy atom. The minimum atomic E-state index is -0.642. The van der Waals surface area contributed by atoms with E-state index in [2.05, 4.69) is 15.9 Å². The van der Waals surface area contributed by atoms with E-state index in [1.165, 1.54) is 23.6 Å². The molecule has 22 heavy (non-hydrogen) atoms. The smallest absolute Gasteiger partial charge is 0.374 e. The highest BCUT2D eigenvalue weighted by Crippen LogP contribution is 2.22. The molecule has 0 saturated heterocycles. The van der Waals surface area contributed by atoms with Gasteiger partial charge < -0.3 is 9.15 Å². The standard InChI is InChI=1S/C17H15BrO4/c18-16-8-7-15(22-16)17(20)21-10-14(19)13-6-5-11-3-1-2-4-12(11)9-13/h5-9H,1-4,10H2. The summed E-state index contributed by atoms with van der Waals surface area (Å²) in [5.74, 6) is -0.769. The monoisotopic (exact) mass is 362 g/mol. The number of benzene rings is 1. The fraction of sp³-hybridized carbons (Fsp3) is 0.294. The lowest BCUT2D eigenvalue weighted by molar-refractivity contribution is 0.0442. The molecule has 114 valence electrons. The van der Waals surface area contributed by atoms with E-state index in [1.54, 1.807) is 6.07 Å². The van der Waals surface area contributed by atoms with Crippen LogP contribution in [0.25, 0.3) is 0 Å². The molecule has 1 aliphatic rings. The quantitative estimate of drug-likeness (QED) is 0.610. The molecular formula is C17H15BrO4. The number of aryl methyl sites for hydroxylation is 2. The van der Waals surface area contributed by atoms with Gasteiger partial charge in [0.1, 0.15) is 0 Å². The maximum absolute atomic E-state index is 12.2. The van der Waals surface area contributed by atoms with Crippen molar-refractivity contribution in [2.45, 2.75) is 25.7 Å². The van der Waals surface area contributed by atoms with Crippen LogP contribution in [0.4, 0.5) is 0 Å². The number of ether oxygens (including phenoxy) is 1. The summed E-state index contributed by atoms with van der Waals surface area (Å²) in [5, 5.41) is 0. The van der Waals surface area contributed by atoms with Crippen LogP contribution in [0.15, 0.2) is 39.4 Å². The summed E-state index contributed by atoms with van der Waals surface area (Å²) < 4.78 is 10.5. The minimum Gasteiger partial charge on any atom is -0.451 e. The normalized spacial score (nSPS) is 13.5. The predicted molar refractivity (Wildman–Crippen MR) is 84.1 cm³/mol. The lowest BCUT2D eigenvalue weighted by Gasteiger charge is -2.16. The van der Waals surface area contributed by atoms with Gasteiger partial charge in [0.15, 0.2) is 17.1 Å². The molecule has 0 unspecified atom stereocenters. The third-order valence-corrected chi connectivity index (χ3v) is 4.21. The van der Waals surface area contributed by atoms with Gasteiger partial charge in [-0.1, -0.05) is 12.1 Å². The van der Waals surface area contributed by atoms with E-state index >= 15 is 0 Å². The number of hydrogen-bond acceptors (Lipinski definition) is 4. The summed E-state index contributed by atoms with van der Waals surface area (Å²) in [4.78, 5) is 23.9. The first-order valence-corrected chi connectivity index (χ1v) is 8.00. The Bertz CT molecular complexity index is 717.